The lowest BCUT2D eigenvalue weighted by Crippen LogP contribution is -2.38. The lowest BCUT2D eigenvalue weighted by Gasteiger charge is -2.22. The molecule has 0 aliphatic carbocycles. The summed E-state index contributed by atoms with van der Waals surface area (Å²) in [6.45, 7) is 6.26. The Hall–Kier alpha value is -1.69. The number of hydrogen-bond acceptors (Lipinski definition) is 5. The smallest absolute Gasteiger partial charge is 0.272 e. The molecule has 1 rings (SSSR count). The molecule has 1 atom stereocenters. The first-order valence-corrected chi connectivity index (χ1v) is 6.23. The lowest BCUT2D eigenvalue weighted by molar-refractivity contribution is 0.0919. The number of hydrazine groups is 1. The average Bonchev–Trinajstić information content (AvgIpc) is 2.40. The van der Waals surface area contributed by atoms with E-state index in [1.165, 1.54) is 0 Å². The molecular weight excluding hydrogens is 230 g/mol. The predicted molar refractivity (Wildman–Crippen MR) is 70.8 cm³/mol. The third-order valence-corrected chi connectivity index (χ3v) is 3.16. The maximum atomic E-state index is 11.9. The molecule has 0 aromatic carbocycles. The van der Waals surface area contributed by atoms with E-state index in [1.807, 2.05) is 6.92 Å². The zero-order valence-electron chi connectivity index (χ0n) is 11.1. The van der Waals surface area contributed by atoms with Crippen LogP contribution in [0.3, 0.4) is 0 Å². The third-order valence-electron chi connectivity index (χ3n) is 3.16. The van der Waals surface area contributed by atoms with Gasteiger partial charge in [0.15, 0.2) is 11.5 Å². The van der Waals surface area contributed by atoms with Crippen LogP contribution in [0.1, 0.15) is 44.1 Å². The van der Waals surface area contributed by atoms with Gasteiger partial charge in [-0.25, -0.2) is 5.84 Å². The number of nitrogen functional groups attached to an aromatic ring is 1. The molecule has 100 valence electrons. The Morgan fingerprint density at radius 3 is 2.44 bits per heavy atom. The van der Waals surface area contributed by atoms with E-state index in [1.54, 1.807) is 12.1 Å². The quantitative estimate of drug-likeness (QED) is 0.523. The maximum Gasteiger partial charge on any atom is 0.272 e. The van der Waals surface area contributed by atoms with Crippen LogP contribution in [0.25, 0.3) is 0 Å². The standard InChI is InChI=1S/C12H21N5O/c1-4-9(5-2)8(3)14-12(18)10-6-7-11(15-13)17-16-10/h6-9H,4-5,13H2,1-3H3,(H,14,18)(H,15,17). The molecule has 1 aromatic rings. The van der Waals surface area contributed by atoms with Gasteiger partial charge in [-0.3, -0.25) is 4.79 Å². The van der Waals surface area contributed by atoms with E-state index >= 15 is 0 Å². The van der Waals surface area contributed by atoms with Crippen molar-refractivity contribution in [2.75, 3.05) is 5.43 Å². The number of amides is 1. The topological polar surface area (TPSA) is 92.9 Å². The Kier molecular flexibility index (Phi) is 5.51. The molecule has 0 saturated carbocycles. The van der Waals surface area contributed by atoms with Gasteiger partial charge in [0, 0.05) is 6.04 Å². The van der Waals surface area contributed by atoms with Crippen LogP contribution in [0.15, 0.2) is 12.1 Å². The van der Waals surface area contributed by atoms with Crippen LogP contribution in [-0.4, -0.2) is 22.1 Å². The molecule has 4 N–H and O–H groups in total. The van der Waals surface area contributed by atoms with Crippen LogP contribution in [0.4, 0.5) is 5.82 Å². The number of nitrogens with two attached hydrogens (primary N) is 1. The van der Waals surface area contributed by atoms with Crippen molar-refractivity contribution >= 4 is 11.7 Å². The third kappa shape index (κ3) is 3.66. The van der Waals surface area contributed by atoms with Crippen molar-refractivity contribution in [3.8, 4) is 0 Å². The van der Waals surface area contributed by atoms with Gasteiger partial charge in [-0.1, -0.05) is 26.7 Å². The second kappa shape index (κ2) is 6.90. The van der Waals surface area contributed by atoms with Gasteiger partial charge in [0.1, 0.15) is 0 Å². The first-order valence-electron chi connectivity index (χ1n) is 6.23. The molecular formula is C12H21N5O. The summed E-state index contributed by atoms with van der Waals surface area (Å²) in [7, 11) is 0. The molecule has 6 nitrogen and oxygen atoms in total. The van der Waals surface area contributed by atoms with Crippen molar-refractivity contribution in [3.63, 3.8) is 0 Å². The minimum atomic E-state index is -0.203. The van der Waals surface area contributed by atoms with Crippen LogP contribution in [0.2, 0.25) is 0 Å². The first kappa shape index (κ1) is 14.4. The van der Waals surface area contributed by atoms with Crippen LogP contribution in [0, 0.1) is 5.92 Å². The molecule has 1 unspecified atom stereocenters. The van der Waals surface area contributed by atoms with Gasteiger partial charge in [0.25, 0.3) is 5.91 Å². The molecule has 0 aliphatic rings. The van der Waals surface area contributed by atoms with E-state index in [2.05, 4.69) is 34.8 Å². The summed E-state index contributed by atoms with van der Waals surface area (Å²) in [6.07, 6.45) is 2.08. The molecule has 0 saturated heterocycles. The van der Waals surface area contributed by atoms with Crippen LogP contribution < -0.4 is 16.6 Å². The van der Waals surface area contributed by atoms with E-state index in [4.69, 9.17) is 5.84 Å². The summed E-state index contributed by atoms with van der Waals surface area (Å²) in [5.74, 6) is 5.88. The number of anilines is 1. The second-order valence-electron chi connectivity index (χ2n) is 4.29. The highest BCUT2D eigenvalue weighted by molar-refractivity contribution is 5.92. The van der Waals surface area contributed by atoms with E-state index in [-0.39, 0.29) is 11.9 Å². The van der Waals surface area contributed by atoms with E-state index in [9.17, 15) is 4.79 Å². The highest BCUT2D eigenvalue weighted by Gasteiger charge is 2.17. The summed E-state index contributed by atoms with van der Waals surface area (Å²) in [5, 5.41) is 10.5. The molecule has 0 fully saturated rings. The monoisotopic (exact) mass is 251 g/mol. The Morgan fingerprint density at radius 1 is 1.33 bits per heavy atom. The normalized spacial score (nSPS) is 12.3. The average molecular weight is 251 g/mol. The second-order valence-corrected chi connectivity index (χ2v) is 4.29. The number of nitrogens with one attached hydrogen (secondary N) is 2. The van der Waals surface area contributed by atoms with Gasteiger partial charge < -0.3 is 10.7 Å². The molecule has 6 heteroatoms. The van der Waals surface area contributed by atoms with Crippen molar-refractivity contribution in [1.29, 1.82) is 0 Å². The molecule has 0 aliphatic heterocycles. The van der Waals surface area contributed by atoms with Crippen molar-refractivity contribution in [3.05, 3.63) is 17.8 Å². The van der Waals surface area contributed by atoms with Crippen LogP contribution in [0.5, 0.6) is 0 Å². The largest absolute Gasteiger partial charge is 0.348 e. The molecule has 0 spiro atoms. The first-order chi connectivity index (χ1) is 8.62. The van der Waals surface area contributed by atoms with Crippen molar-refractivity contribution < 1.29 is 4.79 Å². The van der Waals surface area contributed by atoms with Crippen LogP contribution in [-0.2, 0) is 0 Å². The molecule has 0 bridgehead atoms. The van der Waals surface area contributed by atoms with Gasteiger partial charge in [0.05, 0.1) is 0 Å². The molecule has 1 heterocycles. The Balaban J connectivity index is 2.64. The highest BCUT2D eigenvalue weighted by atomic mass is 16.2. The summed E-state index contributed by atoms with van der Waals surface area (Å²) in [4.78, 5) is 11.9. The van der Waals surface area contributed by atoms with Crippen molar-refractivity contribution in [2.24, 2.45) is 11.8 Å². The number of aromatic nitrogens is 2. The fourth-order valence-corrected chi connectivity index (χ4v) is 1.92. The fourth-order valence-electron chi connectivity index (χ4n) is 1.92. The summed E-state index contributed by atoms with van der Waals surface area (Å²) in [5.41, 5.74) is 2.66. The summed E-state index contributed by atoms with van der Waals surface area (Å²) < 4.78 is 0. The van der Waals surface area contributed by atoms with Gasteiger partial charge in [-0.2, -0.15) is 0 Å². The number of carbonyl (C=O) groups excluding carboxylic acids is 1. The van der Waals surface area contributed by atoms with Crippen LogP contribution >= 0.6 is 0 Å². The van der Waals surface area contributed by atoms with E-state index in [0.29, 0.717) is 17.4 Å². The number of carbonyl (C=O) groups is 1. The fraction of sp³-hybridized carbons (Fsp3) is 0.583. The van der Waals surface area contributed by atoms with Crippen molar-refractivity contribution in [1.82, 2.24) is 15.5 Å². The minimum absolute atomic E-state index is 0.126. The number of nitrogens with zero attached hydrogens (tertiary/aromatic N) is 2. The zero-order valence-corrected chi connectivity index (χ0v) is 11.1. The van der Waals surface area contributed by atoms with Gasteiger partial charge in [-0.05, 0) is 25.0 Å². The Bertz CT molecular complexity index is 375. The molecule has 1 amide bonds. The Morgan fingerprint density at radius 2 is 2.00 bits per heavy atom. The molecule has 18 heavy (non-hydrogen) atoms. The molecule has 1 aromatic heterocycles. The predicted octanol–water partition coefficient (Wildman–Crippen LogP) is 1.32. The number of rotatable bonds is 6. The molecule has 0 radical (unpaired) electrons. The lowest BCUT2D eigenvalue weighted by atomic mass is 9.95. The zero-order chi connectivity index (χ0) is 13.5. The van der Waals surface area contributed by atoms with Crippen molar-refractivity contribution in [2.45, 2.75) is 39.7 Å². The maximum absolute atomic E-state index is 11.9. The summed E-state index contributed by atoms with van der Waals surface area (Å²) >= 11 is 0. The van der Waals surface area contributed by atoms with Gasteiger partial charge >= 0.3 is 0 Å². The van der Waals surface area contributed by atoms with Gasteiger partial charge in [-0.15, -0.1) is 10.2 Å². The SMILES string of the molecule is CCC(CC)C(C)NC(=O)c1ccc(NN)nn1. The minimum Gasteiger partial charge on any atom is -0.348 e. The van der Waals surface area contributed by atoms with E-state index < -0.39 is 0 Å². The van der Waals surface area contributed by atoms with Gasteiger partial charge in [0.2, 0.25) is 0 Å². The Labute approximate surface area is 107 Å². The number of hydrogen-bond donors (Lipinski definition) is 3. The highest BCUT2D eigenvalue weighted by Crippen LogP contribution is 2.13. The summed E-state index contributed by atoms with van der Waals surface area (Å²) in [6, 6.07) is 3.34. The van der Waals surface area contributed by atoms with E-state index in [0.717, 1.165) is 12.8 Å².